The average Bonchev–Trinajstić information content (AvgIpc) is 2.99. The number of aromatic nitrogens is 3. The molecule has 0 saturated heterocycles. The molecule has 18 heavy (non-hydrogen) atoms. The lowest BCUT2D eigenvalue weighted by molar-refractivity contribution is 0.475. The van der Waals surface area contributed by atoms with Gasteiger partial charge in [0.1, 0.15) is 11.4 Å². The number of rotatable bonds is 2. The first-order chi connectivity index (χ1) is 8.75. The van der Waals surface area contributed by atoms with Crippen molar-refractivity contribution >= 4 is 17.2 Å². The molecule has 2 heterocycles. The number of benzene rings is 1. The monoisotopic (exact) mass is 258 g/mol. The highest BCUT2D eigenvalue weighted by atomic mass is 32.1. The van der Waals surface area contributed by atoms with Crippen LogP contribution in [-0.4, -0.2) is 20.1 Å². The molecule has 0 radical (unpaired) electrons. The third-order valence-corrected chi connectivity index (χ3v) is 3.43. The second kappa shape index (κ2) is 4.15. The fraction of sp³-hybridized carbons (Fsp3) is 0. The van der Waals surface area contributed by atoms with Crippen LogP contribution in [-0.2, 0) is 0 Å². The quantitative estimate of drug-likeness (QED) is 0.739. The van der Waals surface area contributed by atoms with Crippen LogP contribution in [0, 0.1) is 0 Å². The summed E-state index contributed by atoms with van der Waals surface area (Å²) in [5, 5.41) is 19.4. The van der Waals surface area contributed by atoms with Gasteiger partial charge in [0, 0.05) is 0 Å². The van der Waals surface area contributed by atoms with E-state index in [1.54, 1.807) is 40.3 Å². The highest BCUT2D eigenvalue weighted by molar-refractivity contribution is 7.13. The second-order valence-electron chi connectivity index (χ2n) is 3.73. The van der Waals surface area contributed by atoms with E-state index < -0.39 is 0 Å². The fourth-order valence-electron chi connectivity index (χ4n) is 1.66. The highest BCUT2D eigenvalue weighted by Gasteiger charge is 2.13. The Balaban J connectivity index is 2.07. The van der Waals surface area contributed by atoms with Gasteiger partial charge in [-0.1, -0.05) is 11.3 Å². The van der Waals surface area contributed by atoms with Crippen LogP contribution in [0.1, 0.15) is 0 Å². The SMILES string of the molecule is Nc1c(-c2cccs2)nnn1-c1ccc(O)cc1. The molecular weight excluding hydrogens is 248 g/mol. The van der Waals surface area contributed by atoms with Gasteiger partial charge in [0.05, 0.1) is 10.6 Å². The molecule has 3 rings (SSSR count). The minimum absolute atomic E-state index is 0.205. The first kappa shape index (κ1) is 10.8. The maximum atomic E-state index is 9.25. The van der Waals surface area contributed by atoms with Crippen molar-refractivity contribution in [3.63, 3.8) is 0 Å². The second-order valence-corrected chi connectivity index (χ2v) is 4.68. The summed E-state index contributed by atoms with van der Waals surface area (Å²) < 4.78 is 1.55. The van der Waals surface area contributed by atoms with Crippen LogP contribution in [0.5, 0.6) is 5.75 Å². The van der Waals surface area contributed by atoms with Crippen LogP contribution in [0.25, 0.3) is 16.3 Å². The lowest BCUT2D eigenvalue weighted by atomic mass is 10.3. The molecule has 0 unspecified atom stereocenters. The van der Waals surface area contributed by atoms with Crippen LogP contribution < -0.4 is 5.73 Å². The number of aromatic hydroxyl groups is 1. The van der Waals surface area contributed by atoms with Crippen molar-refractivity contribution in [1.82, 2.24) is 15.0 Å². The Kier molecular flexibility index (Phi) is 2.49. The van der Waals surface area contributed by atoms with Crippen molar-refractivity contribution in [3.8, 4) is 22.0 Å². The van der Waals surface area contributed by atoms with Gasteiger partial charge in [-0.3, -0.25) is 0 Å². The molecule has 90 valence electrons. The van der Waals surface area contributed by atoms with E-state index >= 15 is 0 Å². The van der Waals surface area contributed by atoms with E-state index in [2.05, 4.69) is 10.3 Å². The van der Waals surface area contributed by atoms with Gasteiger partial charge in [-0.15, -0.1) is 16.4 Å². The number of hydrogen-bond donors (Lipinski definition) is 2. The Hall–Kier alpha value is -2.34. The van der Waals surface area contributed by atoms with Crippen LogP contribution in [0.2, 0.25) is 0 Å². The zero-order valence-electron chi connectivity index (χ0n) is 9.32. The molecule has 3 aromatic rings. The van der Waals surface area contributed by atoms with E-state index in [0.717, 1.165) is 10.6 Å². The number of nitrogens with two attached hydrogens (primary N) is 1. The fourth-order valence-corrected chi connectivity index (χ4v) is 2.38. The third kappa shape index (κ3) is 1.72. The van der Waals surface area contributed by atoms with E-state index in [9.17, 15) is 5.11 Å². The van der Waals surface area contributed by atoms with Crippen molar-refractivity contribution in [3.05, 3.63) is 41.8 Å². The minimum Gasteiger partial charge on any atom is -0.508 e. The Bertz CT molecular complexity index is 658. The van der Waals surface area contributed by atoms with Crippen molar-refractivity contribution in [2.24, 2.45) is 0 Å². The van der Waals surface area contributed by atoms with Gasteiger partial charge >= 0.3 is 0 Å². The summed E-state index contributed by atoms with van der Waals surface area (Å²) in [5.41, 5.74) is 7.49. The predicted octanol–water partition coefficient (Wildman–Crippen LogP) is 2.28. The number of nitrogens with zero attached hydrogens (tertiary/aromatic N) is 3. The molecule has 0 amide bonds. The molecule has 0 fully saturated rings. The Morgan fingerprint density at radius 3 is 2.61 bits per heavy atom. The maximum absolute atomic E-state index is 9.25. The summed E-state index contributed by atoms with van der Waals surface area (Å²) in [4.78, 5) is 0.984. The molecule has 0 saturated carbocycles. The highest BCUT2D eigenvalue weighted by Crippen LogP contribution is 2.29. The Morgan fingerprint density at radius 2 is 1.94 bits per heavy atom. The van der Waals surface area contributed by atoms with Crippen molar-refractivity contribution in [2.45, 2.75) is 0 Å². The summed E-state index contributed by atoms with van der Waals surface area (Å²) in [7, 11) is 0. The number of phenols is 1. The molecule has 6 heteroatoms. The molecule has 0 aliphatic rings. The normalized spacial score (nSPS) is 10.7. The third-order valence-electron chi connectivity index (χ3n) is 2.55. The summed E-state index contributed by atoms with van der Waals surface area (Å²) in [6, 6.07) is 10.5. The van der Waals surface area contributed by atoms with Crippen LogP contribution >= 0.6 is 11.3 Å². The van der Waals surface area contributed by atoms with E-state index in [-0.39, 0.29) is 5.75 Å². The first-order valence-electron chi connectivity index (χ1n) is 5.30. The predicted molar refractivity (Wildman–Crippen MR) is 70.7 cm³/mol. The molecule has 2 aromatic heterocycles. The van der Waals surface area contributed by atoms with Gasteiger partial charge in [-0.2, -0.15) is 4.68 Å². The standard InChI is InChI=1S/C12H10N4OS/c13-12-11(10-2-1-7-18-10)14-15-16(12)8-3-5-9(17)6-4-8/h1-7,17H,13H2. The van der Waals surface area contributed by atoms with Crippen molar-refractivity contribution < 1.29 is 5.11 Å². The molecule has 0 spiro atoms. The van der Waals surface area contributed by atoms with Gasteiger partial charge in [0.2, 0.25) is 0 Å². The van der Waals surface area contributed by atoms with E-state index in [0.29, 0.717) is 11.5 Å². The van der Waals surface area contributed by atoms with Crippen LogP contribution in [0.4, 0.5) is 5.82 Å². The number of hydrogen-bond acceptors (Lipinski definition) is 5. The van der Waals surface area contributed by atoms with Gasteiger partial charge in [-0.25, -0.2) is 0 Å². The molecule has 1 aromatic carbocycles. The summed E-state index contributed by atoms with van der Waals surface area (Å²) in [6.07, 6.45) is 0. The lowest BCUT2D eigenvalue weighted by Gasteiger charge is -2.02. The molecule has 0 bridgehead atoms. The summed E-state index contributed by atoms with van der Waals surface area (Å²) in [6.45, 7) is 0. The zero-order valence-corrected chi connectivity index (χ0v) is 10.1. The smallest absolute Gasteiger partial charge is 0.156 e. The van der Waals surface area contributed by atoms with E-state index in [1.165, 1.54) is 0 Å². The van der Waals surface area contributed by atoms with Crippen LogP contribution in [0.15, 0.2) is 41.8 Å². The maximum Gasteiger partial charge on any atom is 0.156 e. The topological polar surface area (TPSA) is 77.0 Å². The number of anilines is 1. The molecular formula is C12H10N4OS. The molecule has 0 atom stereocenters. The summed E-state index contributed by atoms with van der Waals surface area (Å²) in [5.74, 6) is 0.694. The van der Waals surface area contributed by atoms with Crippen molar-refractivity contribution in [2.75, 3.05) is 5.73 Å². The average molecular weight is 258 g/mol. The Labute approximate surface area is 107 Å². The molecule has 0 aliphatic carbocycles. The molecule has 3 N–H and O–H groups in total. The number of phenolic OH excluding ortho intramolecular Hbond substituents is 1. The molecule has 0 aliphatic heterocycles. The van der Waals surface area contributed by atoms with Gasteiger partial charge in [0.15, 0.2) is 5.82 Å². The van der Waals surface area contributed by atoms with Gasteiger partial charge in [0.25, 0.3) is 0 Å². The van der Waals surface area contributed by atoms with E-state index in [4.69, 9.17) is 5.73 Å². The minimum atomic E-state index is 0.205. The first-order valence-corrected chi connectivity index (χ1v) is 6.18. The molecule has 5 nitrogen and oxygen atoms in total. The summed E-state index contributed by atoms with van der Waals surface area (Å²) >= 11 is 1.57. The van der Waals surface area contributed by atoms with Gasteiger partial charge in [-0.05, 0) is 35.7 Å². The lowest BCUT2D eigenvalue weighted by Crippen LogP contribution is -2.01. The van der Waals surface area contributed by atoms with Crippen LogP contribution in [0.3, 0.4) is 0 Å². The number of nitrogen functional groups attached to an aromatic ring is 1. The largest absolute Gasteiger partial charge is 0.508 e. The zero-order chi connectivity index (χ0) is 12.5. The van der Waals surface area contributed by atoms with E-state index in [1.807, 2.05) is 17.5 Å². The van der Waals surface area contributed by atoms with Crippen molar-refractivity contribution in [1.29, 1.82) is 0 Å². The Morgan fingerprint density at radius 1 is 1.17 bits per heavy atom. The van der Waals surface area contributed by atoms with Gasteiger partial charge < -0.3 is 10.8 Å². The number of thiophene rings is 1.